The van der Waals surface area contributed by atoms with Gasteiger partial charge in [0.15, 0.2) is 0 Å². The van der Waals surface area contributed by atoms with Gasteiger partial charge in [0, 0.05) is 39.4 Å². The minimum atomic E-state index is -0.165. The summed E-state index contributed by atoms with van der Waals surface area (Å²) in [6.45, 7) is 0. The number of nitrogens with one attached hydrogen (secondary N) is 1. The lowest BCUT2D eigenvalue weighted by Gasteiger charge is -2.08. The van der Waals surface area contributed by atoms with E-state index in [0.717, 1.165) is 32.6 Å². The van der Waals surface area contributed by atoms with E-state index in [9.17, 15) is 4.79 Å². The fourth-order valence-corrected chi connectivity index (χ4v) is 3.61. The Morgan fingerprint density at radius 1 is 0.962 bits per heavy atom. The molecule has 0 aliphatic rings. The first-order valence-corrected chi connectivity index (χ1v) is 9.15. The number of para-hydroxylation sites is 2. The molecule has 4 rings (SSSR count). The van der Waals surface area contributed by atoms with Crippen molar-refractivity contribution in [3.8, 4) is 10.4 Å². The van der Waals surface area contributed by atoms with Gasteiger partial charge < -0.3 is 5.32 Å². The minimum Gasteiger partial charge on any atom is -0.322 e. The number of amides is 1. The van der Waals surface area contributed by atoms with Gasteiger partial charge in [-0.15, -0.1) is 11.3 Å². The van der Waals surface area contributed by atoms with E-state index in [2.05, 4.69) is 10.3 Å². The van der Waals surface area contributed by atoms with Crippen LogP contribution in [0, 0.1) is 0 Å². The molecule has 0 unspecified atom stereocenters. The van der Waals surface area contributed by atoms with Crippen molar-refractivity contribution >= 4 is 39.9 Å². The maximum atomic E-state index is 12.4. The van der Waals surface area contributed by atoms with Crippen molar-refractivity contribution in [1.82, 2.24) is 4.98 Å². The molecule has 0 aliphatic heterocycles. The molecule has 26 heavy (non-hydrogen) atoms. The number of nitrogens with zero attached hydrogens (tertiary/aromatic N) is 1. The SMILES string of the molecule is O=C(/C=C/c1cccc2cccnc12)Nc1ccccc1-c1cccs1. The first-order valence-electron chi connectivity index (χ1n) is 8.27. The molecular formula is C22H16N2OS. The van der Waals surface area contributed by atoms with Crippen LogP contribution in [0.5, 0.6) is 0 Å². The number of carbonyl (C=O) groups excluding carboxylic acids is 1. The smallest absolute Gasteiger partial charge is 0.248 e. The van der Waals surface area contributed by atoms with Crippen LogP contribution in [0.2, 0.25) is 0 Å². The fraction of sp³-hybridized carbons (Fsp3) is 0. The highest BCUT2D eigenvalue weighted by atomic mass is 32.1. The van der Waals surface area contributed by atoms with Gasteiger partial charge in [-0.25, -0.2) is 0 Å². The highest BCUT2D eigenvalue weighted by Crippen LogP contribution is 2.31. The van der Waals surface area contributed by atoms with Crippen LogP contribution < -0.4 is 5.32 Å². The quantitative estimate of drug-likeness (QED) is 0.483. The van der Waals surface area contributed by atoms with Gasteiger partial charge in [0.05, 0.1) is 5.52 Å². The molecule has 0 saturated heterocycles. The maximum absolute atomic E-state index is 12.4. The van der Waals surface area contributed by atoms with Crippen molar-refractivity contribution in [3.05, 3.63) is 89.9 Å². The Labute approximate surface area is 155 Å². The van der Waals surface area contributed by atoms with Crippen LogP contribution in [-0.2, 0) is 4.79 Å². The van der Waals surface area contributed by atoms with Gasteiger partial charge >= 0.3 is 0 Å². The largest absolute Gasteiger partial charge is 0.322 e. The zero-order chi connectivity index (χ0) is 17.8. The molecular weight excluding hydrogens is 340 g/mol. The molecule has 2 aromatic heterocycles. The summed E-state index contributed by atoms with van der Waals surface area (Å²) in [7, 11) is 0. The predicted octanol–water partition coefficient (Wildman–Crippen LogP) is 5.62. The van der Waals surface area contributed by atoms with Crippen molar-refractivity contribution < 1.29 is 4.79 Å². The summed E-state index contributed by atoms with van der Waals surface area (Å²) in [5, 5.41) is 6.06. The van der Waals surface area contributed by atoms with Gasteiger partial charge in [-0.05, 0) is 29.7 Å². The van der Waals surface area contributed by atoms with Gasteiger partial charge in [-0.2, -0.15) is 0 Å². The molecule has 4 aromatic rings. The lowest BCUT2D eigenvalue weighted by molar-refractivity contribution is -0.111. The van der Waals surface area contributed by atoms with Crippen molar-refractivity contribution in [1.29, 1.82) is 0 Å². The summed E-state index contributed by atoms with van der Waals surface area (Å²) < 4.78 is 0. The number of pyridine rings is 1. The molecule has 0 fully saturated rings. The minimum absolute atomic E-state index is 0.165. The Balaban J connectivity index is 1.57. The maximum Gasteiger partial charge on any atom is 0.248 e. The molecule has 0 atom stereocenters. The molecule has 0 aliphatic carbocycles. The van der Waals surface area contributed by atoms with E-state index in [0.29, 0.717) is 0 Å². The summed E-state index contributed by atoms with van der Waals surface area (Å²) in [6.07, 6.45) is 5.12. The summed E-state index contributed by atoms with van der Waals surface area (Å²) >= 11 is 1.65. The van der Waals surface area contributed by atoms with Crippen LogP contribution in [0.15, 0.2) is 84.4 Å². The van der Waals surface area contributed by atoms with E-state index in [-0.39, 0.29) is 5.91 Å². The molecule has 2 heterocycles. The second-order valence-corrected chi connectivity index (χ2v) is 6.72. The van der Waals surface area contributed by atoms with Crippen molar-refractivity contribution in [2.24, 2.45) is 0 Å². The van der Waals surface area contributed by atoms with E-state index in [1.807, 2.05) is 72.1 Å². The summed E-state index contributed by atoms with van der Waals surface area (Å²) in [4.78, 5) is 18.0. The Morgan fingerprint density at radius 2 is 1.85 bits per heavy atom. The van der Waals surface area contributed by atoms with E-state index in [1.54, 1.807) is 29.7 Å². The molecule has 0 saturated carbocycles. The summed E-state index contributed by atoms with van der Waals surface area (Å²) in [5.41, 5.74) is 3.64. The van der Waals surface area contributed by atoms with E-state index >= 15 is 0 Å². The Hall–Kier alpha value is -3.24. The van der Waals surface area contributed by atoms with Crippen LogP contribution in [0.25, 0.3) is 27.4 Å². The van der Waals surface area contributed by atoms with E-state index in [4.69, 9.17) is 0 Å². The van der Waals surface area contributed by atoms with Crippen LogP contribution in [0.3, 0.4) is 0 Å². The summed E-state index contributed by atoms with van der Waals surface area (Å²) in [5.74, 6) is -0.165. The average molecular weight is 356 g/mol. The van der Waals surface area contributed by atoms with Crippen LogP contribution in [-0.4, -0.2) is 10.9 Å². The third-order valence-corrected chi connectivity index (χ3v) is 4.95. The number of thiophene rings is 1. The first-order chi connectivity index (χ1) is 12.8. The van der Waals surface area contributed by atoms with Gasteiger partial charge in [-0.1, -0.05) is 48.5 Å². The number of anilines is 1. The molecule has 1 amide bonds. The van der Waals surface area contributed by atoms with Gasteiger partial charge in [0.1, 0.15) is 0 Å². The number of benzene rings is 2. The first kappa shape index (κ1) is 16.2. The molecule has 0 bridgehead atoms. The highest BCUT2D eigenvalue weighted by Gasteiger charge is 2.07. The second-order valence-electron chi connectivity index (χ2n) is 5.77. The van der Waals surface area contributed by atoms with Crippen LogP contribution >= 0.6 is 11.3 Å². The zero-order valence-electron chi connectivity index (χ0n) is 13.9. The lowest BCUT2D eigenvalue weighted by atomic mass is 10.1. The third-order valence-electron chi connectivity index (χ3n) is 4.05. The summed E-state index contributed by atoms with van der Waals surface area (Å²) in [6, 6.07) is 21.7. The average Bonchev–Trinajstić information content (AvgIpc) is 3.21. The van der Waals surface area contributed by atoms with Gasteiger partial charge in [-0.3, -0.25) is 9.78 Å². The Kier molecular flexibility index (Phi) is 4.58. The zero-order valence-corrected chi connectivity index (χ0v) is 14.7. The molecule has 2 aromatic carbocycles. The number of hydrogen-bond acceptors (Lipinski definition) is 3. The van der Waals surface area contributed by atoms with E-state index < -0.39 is 0 Å². The Bertz CT molecular complexity index is 1080. The Morgan fingerprint density at radius 3 is 2.73 bits per heavy atom. The second kappa shape index (κ2) is 7.33. The molecule has 126 valence electrons. The number of aromatic nitrogens is 1. The van der Waals surface area contributed by atoms with Crippen LogP contribution in [0.1, 0.15) is 5.56 Å². The third kappa shape index (κ3) is 3.41. The standard InChI is InChI=1S/C22H16N2OS/c25-21(13-12-17-7-3-6-16-8-4-14-23-22(16)17)24-19-10-2-1-9-18(19)20-11-5-15-26-20/h1-15H,(H,24,25)/b13-12+. The predicted molar refractivity (Wildman–Crippen MR) is 109 cm³/mol. The highest BCUT2D eigenvalue weighted by molar-refractivity contribution is 7.13. The van der Waals surface area contributed by atoms with Gasteiger partial charge in [0.25, 0.3) is 0 Å². The number of hydrogen-bond donors (Lipinski definition) is 1. The normalized spacial score (nSPS) is 11.1. The molecule has 3 nitrogen and oxygen atoms in total. The topological polar surface area (TPSA) is 42.0 Å². The molecule has 0 spiro atoms. The van der Waals surface area contributed by atoms with Crippen molar-refractivity contribution in [3.63, 3.8) is 0 Å². The fourth-order valence-electron chi connectivity index (χ4n) is 2.84. The molecule has 4 heteroatoms. The number of rotatable bonds is 4. The lowest BCUT2D eigenvalue weighted by Crippen LogP contribution is -2.08. The molecule has 0 radical (unpaired) electrons. The van der Waals surface area contributed by atoms with E-state index in [1.165, 1.54) is 0 Å². The number of carbonyl (C=O) groups is 1. The monoisotopic (exact) mass is 356 g/mol. The number of fused-ring (bicyclic) bond motifs is 1. The van der Waals surface area contributed by atoms with Crippen molar-refractivity contribution in [2.75, 3.05) is 5.32 Å². The van der Waals surface area contributed by atoms with Crippen molar-refractivity contribution in [2.45, 2.75) is 0 Å². The van der Waals surface area contributed by atoms with Crippen LogP contribution in [0.4, 0.5) is 5.69 Å². The van der Waals surface area contributed by atoms with Gasteiger partial charge in [0.2, 0.25) is 5.91 Å². The molecule has 1 N–H and O–H groups in total.